The van der Waals surface area contributed by atoms with Crippen LogP contribution >= 0.6 is 11.6 Å². The van der Waals surface area contributed by atoms with Crippen LogP contribution in [0.4, 0.5) is 0 Å². The first-order valence-corrected chi connectivity index (χ1v) is 6.41. The fourth-order valence-corrected chi connectivity index (χ4v) is 2.43. The van der Waals surface area contributed by atoms with Gasteiger partial charge in [-0.25, -0.2) is 0 Å². The van der Waals surface area contributed by atoms with Gasteiger partial charge in [-0.3, -0.25) is 9.36 Å². The summed E-state index contributed by atoms with van der Waals surface area (Å²) in [6.45, 7) is 1.98. The van der Waals surface area contributed by atoms with Gasteiger partial charge in [-0.2, -0.15) is 0 Å². The molecule has 3 heteroatoms. The molecule has 1 heterocycles. The predicted octanol–water partition coefficient (Wildman–Crippen LogP) is 4.29. The molecule has 19 heavy (non-hydrogen) atoms. The van der Waals surface area contributed by atoms with Crippen LogP contribution in [-0.2, 0) is 0 Å². The van der Waals surface area contributed by atoms with Crippen LogP contribution in [0.15, 0.2) is 54.7 Å². The number of nitrogens with zero attached hydrogens (tertiary/aromatic N) is 1. The van der Waals surface area contributed by atoms with E-state index >= 15 is 0 Å². The lowest BCUT2D eigenvalue weighted by Crippen LogP contribution is -2.10. The average molecular weight is 270 g/mol. The monoisotopic (exact) mass is 269 g/mol. The van der Waals surface area contributed by atoms with Gasteiger partial charge in [0, 0.05) is 22.2 Å². The first kappa shape index (κ1) is 12.0. The maximum atomic E-state index is 12.5. The molecule has 0 N–H and O–H groups in total. The normalized spacial score (nSPS) is 10.8. The number of fused-ring (bicyclic) bond motifs is 1. The molecule has 0 aliphatic heterocycles. The molecule has 0 amide bonds. The number of hydrogen-bond acceptors (Lipinski definition) is 1. The summed E-state index contributed by atoms with van der Waals surface area (Å²) >= 11 is 6.00. The van der Waals surface area contributed by atoms with E-state index in [0.29, 0.717) is 10.6 Å². The van der Waals surface area contributed by atoms with Crippen LogP contribution < -0.4 is 0 Å². The standard InChI is InChI=1S/C16H12ClNO/c1-11-10-18(15-8-7-13(17)9-14(11)15)16(19)12-5-3-2-4-6-12/h2-10H,1H3. The van der Waals surface area contributed by atoms with Gasteiger partial charge in [-0.05, 0) is 42.8 Å². The van der Waals surface area contributed by atoms with Crippen molar-refractivity contribution in [2.75, 3.05) is 0 Å². The fraction of sp³-hybridized carbons (Fsp3) is 0.0625. The summed E-state index contributed by atoms with van der Waals surface area (Å²) in [6, 6.07) is 14.8. The van der Waals surface area contributed by atoms with E-state index in [1.807, 2.05) is 55.6 Å². The van der Waals surface area contributed by atoms with Crippen molar-refractivity contribution >= 4 is 28.4 Å². The highest BCUT2D eigenvalue weighted by molar-refractivity contribution is 6.31. The molecule has 0 aliphatic carbocycles. The molecule has 0 radical (unpaired) electrons. The Morgan fingerprint density at radius 1 is 1.11 bits per heavy atom. The second-order valence-corrected chi connectivity index (χ2v) is 4.95. The van der Waals surface area contributed by atoms with Crippen LogP contribution in [0.25, 0.3) is 10.9 Å². The molecule has 0 saturated heterocycles. The van der Waals surface area contributed by atoms with Gasteiger partial charge in [0.25, 0.3) is 5.91 Å². The third-order valence-electron chi connectivity index (χ3n) is 3.21. The number of aromatic nitrogens is 1. The van der Waals surface area contributed by atoms with Crippen molar-refractivity contribution in [1.29, 1.82) is 0 Å². The molecule has 0 aliphatic rings. The molecule has 2 nitrogen and oxygen atoms in total. The summed E-state index contributed by atoms with van der Waals surface area (Å²) in [7, 11) is 0. The molecule has 0 unspecified atom stereocenters. The van der Waals surface area contributed by atoms with Gasteiger partial charge in [0.05, 0.1) is 5.52 Å². The van der Waals surface area contributed by atoms with E-state index in [-0.39, 0.29) is 5.91 Å². The molecule has 0 spiro atoms. The zero-order chi connectivity index (χ0) is 13.4. The van der Waals surface area contributed by atoms with E-state index in [1.165, 1.54) is 0 Å². The highest BCUT2D eigenvalue weighted by atomic mass is 35.5. The van der Waals surface area contributed by atoms with Gasteiger partial charge in [0.1, 0.15) is 0 Å². The van der Waals surface area contributed by atoms with Gasteiger partial charge < -0.3 is 0 Å². The Kier molecular flexibility index (Phi) is 2.88. The number of hydrogen-bond donors (Lipinski definition) is 0. The molecular formula is C16H12ClNO. The summed E-state index contributed by atoms with van der Waals surface area (Å²) in [6.07, 6.45) is 1.86. The van der Waals surface area contributed by atoms with Crippen LogP contribution in [0, 0.1) is 6.92 Å². The number of rotatable bonds is 1. The van der Waals surface area contributed by atoms with Gasteiger partial charge in [-0.15, -0.1) is 0 Å². The molecule has 0 bridgehead atoms. The zero-order valence-electron chi connectivity index (χ0n) is 10.4. The largest absolute Gasteiger partial charge is 0.283 e. The Morgan fingerprint density at radius 3 is 2.58 bits per heavy atom. The van der Waals surface area contributed by atoms with Gasteiger partial charge in [0.2, 0.25) is 0 Å². The quantitative estimate of drug-likeness (QED) is 0.646. The lowest BCUT2D eigenvalue weighted by atomic mass is 10.2. The molecule has 3 aromatic rings. The van der Waals surface area contributed by atoms with Crippen molar-refractivity contribution in [3.63, 3.8) is 0 Å². The molecule has 0 fully saturated rings. The SMILES string of the molecule is Cc1cn(C(=O)c2ccccc2)c2ccc(Cl)cc12. The zero-order valence-corrected chi connectivity index (χ0v) is 11.2. The van der Waals surface area contributed by atoms with Crippen molar-refractivity contribution in [2.24, 2.45) is 0 Å². The minimum absolute atomic E-state index is 0.0268. The first-order chi connectivity index (χ1) is 9.16. The lowest BCUT2D eigenvalue weighted by Gasteiger charge is -2.04. The molecule has 0 saturated carbocycles. The summed E-state index contributed by atoms with van der Waals surface area (Å²) in [4.78, 5) is 12.5. The highest BCUT2D eigenvalue weighted by Crippen LogP contribution is 2.25. The van der Waals surface area contributed by atoms with E-state index in [2.05, 4.69) is 0 Å². The van der Waals surface area contributed by atoms with E-state index in [1.54, 1.807) is 10.6 Å². The van der Waals surface area contributed by atoms with E-state index in [0.717, 1.165) is 16.5 Å². The van der Waals surface area contributed by atoms with Crippen molar-refractivity contribution in [1.82, 2.24) is 4.57 Å². The summed E-state index contributed by atoms with van der Waals surface area (Å²) < 4.78 is 1.68. The van der Waals surface area contributed by atoms with Crippen molar-refractivity contribution < 1.29 is 4.79 Å². The second-order valence-electron chi connectivity index (χ2n) is 4.51. The smallest absolute Gasteiger partial charge is 0.262 e. The Bertz CT molecular complexity index is 759. The van der Waals surface area contributed by atoms with Crippen molar-refractivity contribution in [3.8, 4) is 0 Å². The van der Waals surface area contributed by atoms with Crippen LogP contribution in [0.1, 0.15) is 15.9 Å². The molecular weight excluding hydrogens is 258 g/mol. The van der Waals surface area contributed by atoms with Gasteiger partial charge in [-0.1, -0.05) is 29.8 Å². The van der Waals surface area contributed by atoms with Gasteiger partial charge in [0.15, 0.2) is 0 Å². The van der Waals surface area contributed by atoms with E-state index in [9.17, 15) is 4.79 Å². The first-order valence-electron chi connectivity index (χ1n) is 6.04. The van der Waals surface area contributed by atoms with Crippen LogP contribution in [-0.4, -0.2) is 10.5 Å². The molecule has 3 rings (SSSR count). The van der Waals surface area contributed by atoms with E-state index < -0.39 is 0 Å². The van der Waals surface area contributed by atoms with Crippen LogP contribution in [0.5, 0.6) is 0 Å². The number of benzene rings is 2. The Balaban J connectivity index is 2.19. The maximum absolute atomic E-state index is 12.5. The molecule has 1 aromatic heterocycles. The predicted molar refractivity (Wildman–Crippen MR) is 77.9 cm³/mol. The molecule has 0 atom stereocenters. The minimum atomic E-state index is -0.0268. The number of aryl methyl sites for hydroxylation is 1. The molecule has 2 aromatic carbocycles. The van der Waals surface area contributed by atoms with Crippen molar-refractivity contribution in [2.45, 2.75) is 6.92 Å². The third kappa shape index (κ3) is 2.04. The molecule has 94 valence electrons. The maximum Gasteiger partial charge on any atom is 0.262 e. The summed E-state index contributed by atoms with van der Waals surface area (Å²) in [5, 5.41) is 1.69. The topological polar surface area (TPSA) is 22.0 Å². The average Bonchev–Trinajstić information content (AvgIpc) is 2.76. The Hall–Kier alpha value is -2.06. The number of carbonyl (C=O) groups is 1. The number of carbonyl (C=O) groups excluding carboxylic acids is 1. The van der Waals surface area contributed by atoms with E-state index in [4.69, 9.17) is 11.6 Å². The third-order valence-corrected chi connectivity index (χ3v) is 3.44. The number of halogens is 1. The lowest BCUT2D eigenvalue weighted by molar-refractivity contribution is 0.0965. The Labute approximate surface area is 116 Å². The minimum Gasteiger partial charge on any atom is -0.283 e. The second kappa shape index (κ2) is 4.56. The summed E-state index contributed by atoms with van der Waals surface area (Å²) in [5.41, 5.74) is 2.60. The van der Waals surface area contributed by atoms with Crippen molar-refractivity contribution in [3.05, 3.63) is 70.9 Å². The fourth-order valence-electron chi connectivity index (χ4n) is 2.25. The van der Waals surface area contributed by atoms with Crippen LogP contribution in [0.2, 0.25) is 5.02 Å². The Morgan fingerprint density at radius 2 is 1.84 bits per heavy atom. The highest BCUT2D eigenvalue weighted by Gasteiger charge is 2.13. The van der Waals surface area contributed by atoms with Gasteiger partial charge >= 0.3 is 0 Å². The summed E-state index contributed by atoms with van der Waals surface area (Å²) in [5.74, 6) is -0.0268. The van der Waals surface area contributed by atoms with Crippen LogP contribution in [0.3, 0.4) is 0 Å².